The van der Waals surface area contributed by atoms with Gasteiger partial charge in [-0.2, -0.15) is 25.2 Å². The Morgan fingerprint density at radius 3 is 1.85 bits per heavy atom. The Balaban J connectivity index is 0.000000705. The maximum atomic E-state index is 11.9. The molecule has 0 unspecified atom stereocenters. The average Bonchev–Trinajstić information content (AvgIpc) is 3.01. The molecule has 0 bridgehead atoms. The number of aromatic nitrogens is 3. The van der Waals surface area contributed by atoms with E-state index >= 15 is 0 Å². The molecule has 0 aliphatic carbocycles. The van der Waals surface area contributed by atoms with Crippen LogP contribution in [0.2, 0.25) is 5.28 Å². The third kappa shape index (κ3) is 11.1. The molecule has 0 aliphatic rings. The van der Waals surface area contributed by atoms with E-state index in [9.17, 15) is 8.42 Å². The number of sulfone groups is 1. The second-order valence-electron chi connectivity index (χ2n) is 9.28. The molecule has 248 valence electrons. The third-order valence-corrected chi connectivity index (χ3v) is 7.70. The van der Waals surface area contributed by atoms with Crippen LogP contribution < -0.4 is 10.6 Å². The van der Waals surface area contributed by atoms with E-state index in [0.29, 0.717) is 5.69 Å². The molecular formula is C29H24ClN7O8S3. The van der Waals surface area contributed by atoms with Crippen molar-refractivity contribution in [2.75, 3.05) is 10.6 Å². The van der Waals surface area contributed by atoms with E-state index in [1.165, 1.54) is 12.1 Å². The summed E-state index contributed by atoms with van der Waals surface area (Å²) in [4.78, 5) is 12.8. The van der Waals surface area contributed by atoms with Crippen molar-refractivity contribution in [1.29, 1.82) is 0 Å². The van der Waals surface area contributed by atoms with Crippen LogP contribution in [0.1, 0.15) is 11.1 Å². The SMILES string of the molecule is C=CS(=O)(=O)c1ccc(Nc2nc(Cl)nc(Nc3ccc4c(C)c(N=Nc5ccccc5C)ccc4c3)n2)cc1.O=S(=O)=O.O=S(=O)=O. The fraction of sp³-hybridized carbons (Fsp3) is 0.0690. The van der Waals surface area contributed by atoms with Crippen molar-refractivity contribution < 1.29 is 33.7 Å². The minimum absolute atomic E-state index is 0.00820. The highest BCUT2D eigenvalue weighted by atomic mass is 35.5. The van der Waals surface area contributed by atoms with E-state index in [1.54, 1.807) is 12.1 Å². The lowest BCUT2D eigenvalue weighted by molar-refractivity contribution is 0.557. The maximum Gasteiger partial charge on any atom is 0.425 e. The molecule has 0 amide bonds. The van der Waals surface area contributed by atoms with Crippen molar-refractivity contribution in [2.45, 2.75) is 18.7 Å². The predicted octanol–water partition coefficient (Wildman–Crippen LogP) is 6.11. The first-order valence-corrected chi connectivity index (χ1v) is 17.1. The van der Waals surface area contributed by atoms with Crippen LogP contribution in [0.25, 0.3) is 10.8 Å². The number of benzene rings is 4. The molecule has 5 rings (SSSR count). The smallest absolute Gasteiger partial charge is 0.324 e. The summed E-state index contributed by atoms with van der Waals surface area (Å²) in [6.07, 6.45) is 0. The minimum atomic E-state index is -3.52. The Bertz CT molecular complexity index is 2300. The molecule has 48 heavy (non-hydrogen) atoms. The highest BCUT2D eigenvalue weighted by molar-refractivity contribution is 7.94. The molecule has 0 saturated carbocycles. The first kappa shape index (κ1) is 37.0. The molecule has 5 aromatic rings. The van der Waals surface area contributed by atoms with Gasteiger partial charge in [-0.3, -0.25) is 0 Å². The Morgan fingerprint density at radius 1 is 0.729 bits per heavy atom. The number of nitrogens with zero attached hydrogens (tertiary/aromatic N) is 5. The van der Waals surface area contributed by atoms with Crippen LogP contribution in [0.3, 0.4) is 0 Å². The Hall–Kier alpha value is -5.43. The zero-order valence-electron chi connectivity index (χ0n) is 24.9. The van der Waals surface area contributed by atoms with E-state index in [1.807, 2.05) is 68.4 Å². The fourth-order valence-corrected chi connectivity index (χ4v) is 4.86. The number of hydrogen-bond donors (Lipinski definition) is 2. The van der Waals surface area contributed by atoms with Crippen LogP contribution in [0.4, 0.5) is 34.6 Å². The number of halogens is 1. The van der Waals surface area contributed by atoms with E-state index < -0.39 is 31.1 Å². The van der Waals surface area contributed by atoms with E-state index in [2.05, 4.69) is 42.4 Å². The van der Waals surface area contributed by atoms with Crippen LogP contribution in [-0.4, -0.2) is 48.6 Å². The molecule has 0 spiro atoms. The van der Waals surface area contributed by atoms with Gasteiger partial charge in [-0.25, -0.2) is 8.42 Å². The quantitative estimate of drug-likeness (QED) is 0.172. The van der Waals surface area contributed by atoms with Gasteiger partial charge in [-0.05, 0) is 95.9 Å². The normalized spacial score (nSPS) is 10.6. The molecule has 0 fully saturated rings. The minimum Gasteiger partial charge on any atom is -0.324 e. The summed E-state index contributed by atoms with van der Waals surface area (Å²) < 4.78 is 74.5. The van der Waals surface area contributed by atoms with Gasteiger partial charge >= 0.3 is 21.2 Å². The molecule has 1 aromatic heterocycles. The summed E-state index contributed by atoms with van der Waals surface area (Å²) in [6, 6.07) is 23.8. The first-order chi connectivity index (χ1) is 22.7. The number of fused-ring (bicyclic) bond motifs is 1. The lowest BCUT2D eigenvalue weighted by atomic mass is 10.0. The van der Waals surface area contributed by atoms with Crippen molar-refractivity contribution >= 4 is 88.1 Å². The van der Waals surface area contributed by atoms with Gasteiger partial charge in [0.25, 0.3) is 0 Å². The standard InChI is InChI=1S/C29H24ClN7O2S.2O3S/c1-4-40(38,39)23-13-10-21(11-14-23)31-28-33-27(30)34-29(35-28)32-22-12-15-24-19(3)26(16-9-20(24)17-22)37-36-25-8-6-5-7-18(25)2;2*1-4(2)3/h4-17H,1H2,2-3H3,(H2,31,32,33,34,35);;. The van der Waals surface area contributed by atoms with Crippen molar-refractivity contribution in [1.82, 2.24) is 15.0 Å². The molecule has 0 saturated heterocycles. The number of nitrogens with one attached hydrogen (secondary N) is 2. The molecule has 0 atom stereocenters. The summed E-state index contributed by atoms with van der Waals surface area (Å²) in [5.41, 5.74) is 5.05. The van der Waals surface area contributed by atoms with Gasteiger partial charge in [0.15, 0.2) is 9.84 Å². The second-order valence-corrected chi connectivity index (χ2v) is 12.3. The highest BCUT2D eigenvalue weighted by Gasteiger charge is 2.11. The van der Waals surface area contributed by atoms with Gasteiger partial charge in [-0.15, -0.1) is 25.3 Å². The zero-order chi connectivity index (χ0) is 35.4. The summed E-state index contributed by atoms with van der Waals surface area (Å²) in [5, 5.41) is 18.0. The third-order valence-electron chi connectivity index (χ3n) is 6.16. The summed E-state index contributed by atoms with van der Waals surface area (Å²) in [5.74, 6) is 0.440. The predicted molar refractivity (Wildman–Crippen MR) is 179 cm³/mol. The molecule has 0 radical (unpaired) electrons. The van der Waals surface area contributed by atoms with E-state index in [0.717, 1.165) is 44.4 Å². The van der Waals surface area contributed by atoms with Crippen LogP contribution in [0, 0.1) is 13.8 Å². The monoisotopic (exact) mass is 729 g/mol. The van der Waals surface area contributed by atoms with Crippen molar-refractivity contribution in [3.05, 3.63) is 107 Å². The van der Waals surface area contributed by atoms with Gasteiger partial charge in [0.1, 0.15) is 0 Å². The molecule has 2 N–H and O–H groups in total. The number of hydrogen-bond acceptors (Lipinski definition) is 15. The molecule has 15 nitrogen and oxygen atoms in total. The Kier molecular flexibility index (Phi) is 13.1. The number of rotatable bonds is 8. The van der Waals surface area contributed by atoms with Gasteiger partial charge in [-0.1, -0.05) is 36.9 Å². The molecule has 19 heteroatoms. The van der Waals surface area contributed by atoms with Crippen LogP contribution in [0.15, 0.2) is 106 Å². The van der Waals surface area contributed by atoms with Crippen LogP contribution >= 0.6 is 11.6 Å². The summed E-state index contributed by atoms with van der Waals surface area (Å²) >= 11 is 6.15. The van der Waals surface area contributed by atoms with Crippen LogP contribution in [-0.2, 0) is 31.1 Å². The molecule has 4 aromatic carbocycles. The van der Waals surface area contributed by atoms with E-state index in [4.69, 9.17) is 36.9 Å². The number of aryl methyl sites for hydroxylation is 2. The maximum absolute atomic E-state index is 11.9. The molecule has 1 heterocycles. The summed E-state index contributed by atoms with van der Waals surface area (Å²) in [7, 11) is -9.74. The highest BCUT2D eigenvalue weighted by Crippen LogP contribution is 2.32. The Labute approximate surface area is 282 Å². The van der Waals surface area contributed by atoms with Gasteiger partial charge < -0.3 is 10.6 Å². The second kappa shape index (κ2) is 16.9. The van der Waals surface area contributed by atoms with Gasteiger partial charge in [0.2, 0.25) is 17.2 Å². The van der Waals surface area contributed by atoms with Crippen molar-refractivity contribution in [3.8, 4) is 0 Å². The van der Waals surface area contributed by atoms with Crippen LogP contribution in [0.5, 0.6) is 0 Å². The van der Waals surface area contributed by atoms with Crippen molar-refractivity contribution in [3.63, 3.8) is 0 Å². The van der Waals surface area contributed by atoms with Gasteiger partial charge in [0, 0.05) is 16.8 Å². The van der Waals surface area contributed by atoms with E-state index in [-0.39, 0.29) is 22.1 Å². The fourth-order valence-electron chi connectivity index (χ4n) is 3.99. The summed E-state index contributed by atoms with van der Waals surface area (Å²) in [6.45, 7) is 7.36. The molecule has 0 aliphatic heterocycles. The lowest BCUT2D eigenvalue weighted by Crippen LogP contribution is -2.04. The number of azo groups is 1. The molecular weight excluding hydrogens is 706 g/mol. The first-order valence-electron chi connectivity index (χ1n) is 13.2. The lowest BCUT2D eigenvalue weighted by Gasteiger charge is -2.11. The largest absolute Gasteiger partial charge is 0.425 e. The topological polar surface area (TPSA) is 224 Å². The Morgan fingerprint density at radius 2 is 1.27 bits per heavy atom. The zero-order valence-corrected chi connectivity index (χ0v) is 28.1. The van der Waals surface area contributed by atoms with Gasteiger partial charge in [0.05, 0.1) is 16.3 Å². The average molecular weight is 730 g/mol. The number of anilines is 4. The van der Waals surface area contributed by atoms with Crippen molar-refractivity contribution in [2.24, 2.45) is 10.2 Å².